The topological polar surface area (TPSA) is 54.9 Å². The Kier molecular flexibility index (Phi) is 5.84. The zero-order valence-electron chi connectivity index (χ0n) is 11.4. The summed E-state index contributed by atoms with van der Waals surface area (Å²) in [5, 5.41) is 6.10. The molecule has 1 rings (SSSR count). The van der Waals surface area contributed by atoms with Gasteiger partial charge in [-0.2, -0.15) is 0 Å². The lowest BCUT2D eigenvalue weighted by atomic mass is 10.3. The summed E-state index contributed by atoms with van der Waals surface area (Å²) in [6.07, 6.45) is 0.0449. The van der Waals surface area contributed by atoms with Gasteiger partial charge in [-0.15, -0.1) is 0 Å². The van der Waals surface area contributed by atoms with Crippen molar-refractivity contribution < 1.29 is 9.47 Å². The Morgan fingerprint density at radius 1 is 1.28 bits per heavy atom. The fourth-order valence-electron chi connectivity index (χ4n) is 1.45. The normalized spacial score (nSPS) is 12.8. The van der Waals surface area contributed by atoms with E-state index in [-0.39, 0.29) is 6.10 Å². The van der Waals surface area contributed by atoms with Gasteiger partial charge in [-0.05, 0) is 31.2 Å². The lowest BCUT2D eigenvalue weighted by Crippen LogP contribution is -2.40. The minimum atomic E-state index is 0.0449. The number of guanidine groups is 1. The molecule has 1 atom stereocenters. The molecule has 0 aliphatic rings. The van der Waals surface area contributed by atoms with E-state index in [9.17, 15) is 0 Å². The van der Waals surface area contributed by atoms with Gasteiger partial charge in [0.1, 0.15) is 17.6 Å². The molecule has 0 saturated heterocycles. The molecule has 0 saturated carbocycles. The molecule has 0 amide bonds. The zero-order valence-corrected chi connectivity index (χ0v) is 11.4. The summed E-state index contributed by atoms with van der Waals surface area (Å²) in [4.78, 5) is 4.03. The van der Waals surface area contributed by atoms with Crippen LogP contribution in [0.2, 0.25) is 0 Å². The first-order valence-electron chi connectivity index (χ1n) is 5.88. The average molecular weight is 251 g/mol. The van der Waals surface area contributed by atoms with Gasteiger partial charge in [0.05, 0.1) is 13.7 Å². The van der Waals surface area contributed by atoms with Crippen molar-refractivity contribution in [2.24, 2.45) is 4.99 Å². The number of aliphatic imine (C=N–C) groups is 1. The molecule has 0 aromatic heterocycles. The van der Waals surface area contributed by atoms with Gasteiger partial charge < -0.3 is 20.1 Å². The summed E-state index contributed by atoms with van der Waals surface area (Å²) < 4.78 is 10.8. The number of methoxy groups -OCH3 is 1. The van der Waals surface area contributed by atoms with Crippen LogP contribution in [0.5, 0.6) is 11.5 Å². The van der Waals surface area contributed by atoms with Crippen molar-refractivity contribution in [2.75, 3.05) is 27.7 Å². The maximum absolute atomic E-state index is 5.75. The molecule has 0 unspecified atom stereocenters. The Morgan fingerprint density at radius 3 is 2.39 bits per heavy atom. The van der Waals surface area contributed by atoms with Crippen LogP contribution in [0.25, 0.3) is 0 Å². The molecule has 0 spiro atoms. The molecule has 0 aliphatic heterocycles. The fraction of sp³-hybridized carbons (Fsp3) is 0.462. The monoisotopic (exact) mass is 251 g/mol. The van der Waals surface area contributed by atoms with Crippen LogP contribution >= 0.6 is 0 Å². The van der Waals surface area contributed by atoms with Crippen LogP contribution in [-0.2, 0) is 0 Å². The number of benzene rings is 1. The molecule has 18 heavy (non-hydrogen) atoms. The van der Waals surface area contributed by atoms with Gasteiger partial charge in [0.15, 0.2) is 5.96 Å². The van der Waals surface area contributed by atoms with Crippen molar-refractivity contribution >= 4 is 5.96 Å². The highest BCUT2D eigenvalue weighted by atomic mass is 16.5. The lowest BCUT2D eigenvalue weighted by Gasteiger charge is -2.16. The summed E-state index contributed by atoms with van der Waals surface area (Å²) in [6, 6.07) is 7.54. The van der Waals surface area contributed by atoms with Crippen molar-refractivity contribution in [2.45, 2.75) is 13.0 Å². The van der Waals surface area contributed by atoms with Crippen LogP contribution in [0, 0.1) is 0 Å². The Morgan fingerprint density at radius 2 is 1.89 bits per heavy atom. The standard InChI is InChI=1S/C13H21N3O2/c1-10(9-16-13(14-2)15-3)18-12-7-5-11(17-4)6-8-12/h5-8,10H,9H2,1-4H3,(H2,14,15,16)/t10-/m0/s1. The third-order valence-electron chi connectivity index (χ3n) is 2.41. The van der Waals surface area contributed by atoms with Gasteiger partial charge >= 0.3 is 0 Å². The second-order valence-electron chi connectivity index (χ2n) is 3.81. The third kappa shape index (κ3) is 4.53. The van der Waals surface area contributed by atoms with E-state index in [1.54, 1.807) is 14.2 Å². The van der Waals surface area contributed by atoms with Crippen LogP contribution < -0.4 is 20.1 Å². The summed E-state index contributed by atoms with van der Waals surface area (Å²) in [6.45, 7) is 2.68. The number of hydrogen-bond donors (Lipinski definition) is 2. The second kappa shape index (κ2) is 7.42. The smallest absolute Gasteiger partial charge is 0.190 e. The quantitative estimate of drug-likeness (QED) is 0.611. The summed E-state index contributed by atoms with van der Waals surface area (Å²) in [7, 11) is 5.20. The summed E-state index contributed by atoms with van der Waals surface area (Å²) in [5.74, 6) is 2.40. The van der Waals surface area contributed by atoms with Crippen LogP contribution in [0.15, 0.2) is 29.3 Å². The summed E-state index contributed by atoms with van der Waals surface area (Å²) in [5.41, 5.74) is 0. The number of ether oxygens (including phenoxy) is 2. The molecule has 0 bridgehead atoms. The molecule has 1 aromatic rings. The SMILES string of the molecule is CN=C(NC)NC[C@H](C)Oc1ccc(OC)cc1. The van der Waals surface area contributed by atoms with Crippen LogP contribution in [-0.4, -0.2) is 39.8 Å². The first-order valence-corrected chi connectivity index (χ1v) is 5.88. The molecule has 100 valence electrons. The van der Waals surface area contributed by atoms with Gasteiger partial charge in [0.25, 0.3) is 0 Å². The van der Waals surface area contributed by atoms with E-state index in [0.29, 0.717) is 6.54 Å². The molecule has 0 fully saturated rings. The van der Waals surface area contributed by atoms with Crippen LogP contribution in [0.3, 0.4) is 0 Å². The Balaban J connectivity index is 2.41. The molecular formula is C13H21N3O2. The van der Waals surface area contributed by atoms with Crippen molar-refractivity contribution in [1.29, 1.82) is 0 Å². The van der Waals surface area contributed by atoms with E-state index in [2.05, 4.69) is 15.6 Å². The molecule has 5 heteroatoms. The molecule has 1 aromatic carbocycles. The summed E-state index contributed by atoms with van der Waals surface area (Å²) >= 11 is 0. The number of hydrogen-bond acceptors (Lipinski definition) is 3. The molecular weight excluding hydrogens is 230 g/mol. The van der Waals surface area contributed by atoms with Crippen molar-refractivity contribution in [3.8, 4) is 11.5 Å². The lowest BCUT2D eigenvalue weighted by molar-refractivity contribution is 0.223. The Labute approximate surface area is 108 Å². The van der Waals surface area contributed by atoms with Crippen LogP contribution in [0.1, 0.15) is 6.92 Å². The molecule has 0 heterocycles. The van der Waals surface area contributed by atoms with E-state index >= 15 is 0 Å². The Bertz CT molecular complexity index is 376. The van der Waals surface area contributed by atoms with Gasteiger partial charge in [-0.1, -0.05) is 0 Å². The van der Waals surface area contributed by atoms with Crippen LogP contribution in [0.4, 0.5) is 0 Å². The maximum Gasteiger partial charge on any atom is 0.190 e. The minimum absolute atomic E-state index is 0.0449. The zero-order chi connectivity index (χ0) is 13.4. The predicted octanol–water partition coefficient (Wildman–Crippen LogP) is 1.26. The highest BCUT2D eigenvalue weighted by molar-refractivity contribution is 5.79. The van der Waals surface area contributed by atoms with E-state index in [0.717, 1.165) is 17.5 Å². The first-order chi connectivity index (χ1) is 8.69. The van der Waals surface area contributed by atoms with Gasteiger partial charge in [0, 0.05) is 14.1 Å². The Hall–Kier alpha value is -1.91. The van der Waals surface area contributed by atoms with Crippen molar-refractivity contribution in [3.63, 3.8) is 0 Å². The van der Waals surface area contributed by atoms with Gasteiger partial charge in [0.2, 0.25) is 0 Å². The van der Waals surface area contributed by atoms with E-state index in [1.165, 1.54) is 0 Å². The molecule has 2 N–H and O–H groups in total. The van der Waals surface area contributed by atoms with E-state index < -0.39 is 0 Å². The van der Waals surface area contributed by atoms with Crippen molar-refractivity contribution in [3.05, 3.63) is 24.3 Å². The average Bonchev–Trinajstić information content (AvgIpc) is 2.41. The first kappa shape index (κ1) is 14.2. The van der Waals surface area contributed by atoms with E-state index in [4.69, 9.17) is 9.47 Å². The minimum Gasteiger partial charge on any atom is -0.497 e. The van der Waals surface area contributed by atoms with Gasteiger partial charge in [-0.25, -0.2) is 0 Å². The molecule has 0 radical (unpaired) electrons. The number of rotatable bonds is 5. The third-order valence-corrected chi connectivity index (χ3v) is 2.41. The highest BCUT2D eigenvalue weighted by Gasteiger charge is 2.05. The highest BCUT2D eigenvalue weighted by Crippen LogP contribution is 2.17. The van der Waals surface area contributed by atoms with Gasteiger partial charge in [-0.3, -0.25) is 4.99 Å². The molecule has 5 nitrogen and oxygen atoms in total. The molecule has 0 aliphatic carbocycles. The van der Waals surface area contributed by atoms with Crippen molar-refractivity contribution in [1.82, 2.24) is 10.6 Å². The largest absolute Gasteiger partial charge is 0.497 e. The second-order valence-corrected chi connectivity index (χ2v) is 3.81. The predicted molar refractivity (Wildman–Crippen MR) is 73.5 cm³/mol. The fourth-order valence-corrected chi connectivity index (χ4v) is 1.45. The number of nitrogens with zero attached hydrogens (tertiary/aromatic N) is 1. The maximum atomic E-state index is 5.75. The van der Waals surface area contributed by atoms with E-state index in [1.807, 2.05) is 38.2 Å². The number of nitrogens with one attached hydrogen (secondary N) is 2.